The maximum Gasteiger partial charge on any atom is 0.303 e. The number of halogens is 2. The first-order valence-electron chi connectivity index (χ1n) is 10.0. The van der Waals surface area contributed by atoms with Crippen LogP contribution in [0.3, 0.4) is 0 Å². The quantitative estimate of drug-likeness (QED) is 0.337. The van der Waals surface area contributed by atoms with Gasteiger partial charge >= 0.3 is 5.97 Å². The average Bonchev–Trinajstić information content (AvgIpc) is 3.22. The molecular formula is C20H28Cl2N4O5S. The summed E-state index contributed by atoms with van der Waals surface area (Å²) < 4.78 is 29.5. The monoisotopic (exact) mass is 506 g/mol. The van der Waals surface area contributed by atoms with Crippen molar-refractivity contribution in [2.24, 2.45) is 0 Å². The largest absolute Gasteiger partial charge is 0.481 e. The van der Waals surface area contributed by atoms with E-state index < -0.39 is 27.9 Å². The van der Waals surface area contributed by atoms with Crippen LogP contribution in [0.5, 0.6) is 0 Å². The molecule has 0 saturated carbocycles. The maximum absolute atomic E-state index is 12.7. The van der Waals surface area contributed by atoms with Gasteiger partial charge in [-0.2, -0.15) is 4.72 Å². The number of aromatic nitrogens is 2. The molecule has 2 rings (SSSR count). The van der Waals surface area contributed by atoms with Crippen LogP contribution in [0.2, 0.25) is 5.02 Å². The van der Waals surface area contributed by atoms with Crippen molar-refractivity contribution in [3.63, 3.8) is 0 Å². The Hall–Kier alpha value is -2.14. The maximum atomic E-state index is 12.7. The Kier molecular flexibility index (Phi) is 12.3. The third-order valence-electron chi connectivity index (χ3n) is 4.56. The third kappa shape index (κ3) is 9.99. The van der Waals surface area contributed by atoms with E-state index in [-0.39, 0.29) is 30.3 Å². The van der Waals surface area contributed by atoms with E-state index in [0.717, 1.165) is 25.7 Å². The molecule has 0 fully saturated rings. The van der Waals surface area contributed by atoms with Crippen LogP contribution in [0.1, 0.15) is 38.5 Å². The fraction of sp³-hybridized carbons (Fsp3) is 0.450. The molecule has 3 N–H and O–H groups in total. The molecule has 0 radical (unpaired) electrons. The Labute approximate surface area is 199 Å². The number of carboxylic acids is 1. The van der Waals surface area contributed by atoms with Gasteiger partial charge < -0.3 is 15.0 Å². The molecule has 0 saturated heterocycles. The number of hydrogen-bond acceptors (Lipinski definition) is 5. The van der Waals surface area contributed by atoms with Crippen molar-refractivity contribution >= 4 is 45.9 Å². The van der Waals surface area contributed by atoms with Gasteiger partial charge in [0.25, 0.3) is 0 Å². The normalized spacial score (nSPS) is 12.0. The molecule has 32 heavy (non-hydrogen) atoms. The number of imidazole rings is 1. The van der Waals surface area contributed by atoms with Crippen LogP contribution in [0.25, 0.3) is 0 Å². The molecule has 0 aliphatic rings. The van der Waals surface area contributed by atoms with Crippen LogP contribution in [0.15, 0.2) is 47.9 Å². The summed E-state index contributed by atoms with van der Waals surface area (Å²) in [4.78, 5) is 27.1. The zero-order chi connectivity index (χ0) is 22.7. The molecule has 0 aliphatic heterocycles. The summed E-state index contributed by atoms with van der Waals surface area (Å²) in [6.45, 7) is 0.495. The topological polar surface area (TPSA) is 130 Å². The lowest BCUT2D eigenvalue weighted by Gasteiger charge is -2.19. The number of amides is 1. The number of sulfonamides is 1. The minimum Gasteiger partial charge on any atom is -0.481 e. The lowest BCUT2D eigenvalue weighted by molar-refractivity contribution is -0.137. The molecule has 1 amide bonds. The predicted molar refractivity (Wildman–Crippen MR) is 123 cm³/mol. The van der Waals surface area contributed by atoms with E-state index in [0.29, 0.717) is 18.0 Å². The number of benzene rings is 1. The Morgan fingerprint density at radius 1 is 1.09 bits per heavy atom. The van der Waals surface area contributed by atoms with Crippen molar-refractivity contribution in [3.05, 3.63) is 48.0 Å². The molecule has 1 atom stereocenters. The van der Waals surface area contributed by atoms with Crippen molar-refractivity contribution in [1.29, 1.82) is 0 Å². The number of nitrogens with one attached hydrogen (secondary N) is 2. The number of unbranched alkanes of at least 4 members (excludes halogenated alkanes) is 4. The van der Waals surface area contributed by atoms with Gasteiger partial charge in [-0.25, -0.2) is 13.4 Å². The Balaban J connectivity index is 0.00000512. The van der Waals surface area contributed by atoms with E-state index in [2.05, 4.69) is 15.0 Å². The molecule has 12 heteroatoms. The molecular weight excluding hydrogens is 479 g/mol. The van der Waals surface area contributed by atoms with E-state index in [4.69, 9.17) is 16.7 Å². The first kappa shape index (κ1) is 27.9. The number of hydrogen-bond donors (Lipinski definition) is 3. The number of carbonyl (C=O) groups excluding carboxylic acids is 1. The van der Waals surface area contributed by atoms with E-state index in [1.165, 1.54) is 30.6 Å². The lowest BCUT2D eigenvalue weighted by atomic mass is 10.1. The zero-order valence-corrected chi connectivity index (χ0v) is 19.8. The van der Waals surface area contributed by atoms with Crippen molar-refractivity contribution in [2.75, 3.05) is 6.54 Å². The standard InChI is InChI=1S/C20H27ClN4O5S.ClH/c21-16-7-9-17(10-8-16)31(29,30)24-18(14-25-13-12-22-15-25)20(28)23-11-5-3-1-2-4-6-19(26)27;/h7-10,12-13,15,18,24H,1-6,11,14H2,(H,23,28)(H,26,27);1H/t18-;/m0./s1. The Morgan fingerprint density at radius 3 is 2.38 bits per heavy atom. The van der Waals surface area contributed by atoms with Gasteiger partial charge in [0.15, 0.2) is 0 Å². The SMILES string of the molecule is Cl.O=C(O)CCCCCCCNC(=O)[C@H](Cn1ccnc1)NS(=O)(=O)c1ccc(Cl)cc1. The number of carboxylic acid groups (broad SMARTS) is 1. The second-order valence-electron chi connectivity index (χ2n) is 7.09. The van der Waals surface area contributed by atoms with Crippen LogP contribution >= 0.6 is 24.0 Å². The summed E-state index contributed by atoms with van der Waals surface area (Å²) in [5.74, 6) is -1.23. The Morgan fingerprint density at radius 2 is 1.75 bits per heavy atom. The van der Waals surface area contributed by atoms with Crippen molar-refractivity contribution in [3.8, 4) is 0 Å². The highest BCUT2D eigenvalue weighted by Gasteiger charge is 2.26. The summed E-state index contributed by atoms with van der Waals surface area (Å²) >= 11 is 5.82. The van der Waals surface area contributed by atoms with Crippen LogP contribution in [-0.2, 0) is 26.2 Å². The first-order valence-corrected chi connectivity index (χ1v) is 11.9. The fourth-order valence-corrected chi connectivity index (χ4v) is 4.23. The second kappa shape index (κ2) is 14.1. The second-order valence-corrected chi connectivity index (χ2v) is 9.24. The number of aliphatic carboxylic acids is 1. The number of nitrogens with zero attached hydrogens (tertiary/aromatic N) is 2. The molecule has 0 aliphatic carbocycles. The average molecular weight is 507 g/mol. The van der Waals surface area contributed by atoms with Gasteiger partial charge in [0, 0.05) is 36.9 Å². The van der Waals surface area contributed by atoms with Crippen molar-refractivity contribution < 1.29 is 23.1 Å². The molecule has 1 aromatic heterocycles. The summed E-state index contributed by atoms with van der Waals surface area (Å²) in [6.07, 6.45) is 8.79. The zero-order valence-electron chi connectivity index (χ0n) is 17.4. The first-order chi connectivity index (χ1) is 14.8. The van der Waals surface area contributed by atoms with Gasteiger partial charge in [0.1, 0.15) is 6.04 Å². The third-order valence-corrected chi connectivity index (χ3v) is 6.30. The Bertz CT molecular complexity index is 937. The summed E-state index contributed by atoms with van der Waals surface area (Å²) in [5.41, 5.74) is 0. The minimum atomic E-state index is -3.93. The highest BCUT2D eigenvalue weighted by Crippen LogP contribution is 2.14. The molecule has 1 aromatic carbocycles. The van der Waals surface area contributed by atoms with Crippen LogP contribution < -0.4 is 10.0 Å². The summed E-state index contributed by atoms with van der Waals surface area (Å²) in [5, 5.41) is 11.8. The fourth-order valence-electron chi connectivity index (χ4n) is 2.91. The predicted octanol–water partition coefficient (Wildman–Crippen LogP) is 2.85. The van der Waals surface area contributed by atoms with E-state index >= 15 is 0 Å². The van der Waals surface area contributed by atoms with Crippen LogP contribution in [0.4, 0.5) is 0 Å². The molecule has 1 heterocycles. The van der Waals surface area contributed by atoms with Crippen molar-refractivity contribution in [2.45, 2.75) is 56.0 Å². The van der Waals surface area contributed by atoms with Gasteiger partial charge in [-0.15, -0.1) is 12.4 Å². The van der Waals surface area contributed by atoms with Crippen molar-refractivity contribution in [1.82, 2.24) is 19.6 Å². The minimum absolute atomic E-state index is 0. The molecule has 2 aromatic rings. The van der Waals surface area contributed by atoms with Gasteiger partial charge in [0.2, 0.25) is 15.9 Å². The molecule has 0 bridgehead atoms. The number of carbonyl (C=O) groups is 2. The molecule has 178 valence electrons. The van der Waals surface area contributed by atoms with Gasteiger partial charge in [0.05, 0.1) is 11.2 Å². The smallest absolute Gasteiger partial charge is 0.303 e. The molecule has 9 nitrogen and oxygen atoms in total. The highest BCUT2D eigenvalue weighted by molar-refractivity contribution is 7.89. The highest BCUT2D eigenvalue weighted by atomic mass is 35.5. The van der Waals surface area contributed by atoms with E-state index in [1.807, 2.05) is 0 Å². The van der Waals surface area contributed by atoms with Gasteiger partial charge in [-0.3, -0.25) is 9.59 Å². The molecule has 0 unspecified atom stereocenters. The van der Waals surface area contributed by atoms with Gasteiger partial charge in [-0.1, -0.05) is 30.9 Å². The van der Waals surface area contributed by atoms with E-state index in [9.17, 15) is 18.0 Å². The van der Waals surface area contributed by atoms with Gasteiger partial charge in [-0.05, 0) is 37.1 Å². The number of rotatable bonds is 14. The molecule has 0 spiro atoms. The van der Waals surface area contributed by atoms with Crippen LogP contribution in [0, 0.1) is 0 Å². The summed E-state index contributed by atoms with van der Waals surface area (Å²) in [7, 11) is -3.93. The van der Waals surface area contributed by atoms with Crippen LogP contribution in [-0.4, -0.2) is 47.5 Å². The lowest BCUT2D eigenvalue weighted by Crippen LogP contribution is -2.49. The summed E-state index contributed by atoms with van der Waals surface area (Å²) in [6, 6.07) is 4.67. The van der Waals surface area contributed by atoms with E-state index in [1.54, 1.807) is 17.0 Å².